The molecular formula is C25H24BrN3O3S2. The van der Waals surface area contributed by atoms with Gasteiger partial charge in [-0.25, -0.2) is 9.78 Å². The van der Waals surface area contributed by atoms with Gasteiger partial charge in [-0.15, -0.1) is 22.7 Å². The van der Waals surface area contributed by atoms with Gasteiger partial charge in [0.25, 0.3) is 5.91 Å². The number of nitrogen functional groups attached to an aromatic ring is 1. The first-order valence-electron chi connectivity index (χ1n) is 10.9. The minimum absolute atomic E-state index is 0.296. The van der Waals surface area contributed by atoms with Gasteiger partial charge >= 0.3 is 5.97 Å². The molecule has 1 aromatic carbocycles. The molecule has 0 bridgehead atoms. The molecule has 0 aliphatic rings. The normalized spacial score (nSPS) is 11.2. The van der Waals surface area contributed by atoms with Crippen LogP contribution in [-0.2, 0) is 11.2 Å². The highest BCUT2D eigenvalue weighted by atomic mass is 79.9. The van der Waals surface area contributed by atoms with Crippen molar-refractivity contribution in [3.63, 3.8) is 0 Å². The Kier molecular flexibility index (Phi) is 7.35. The van der Waals surface area contributed by atoms with E-state index in [-0.39, 0.29) is 12.0 Å². The first-order chi connectivity index (χ1) is 16.3. The Morgan fingerprint density at radius 3 is 2.59 bits per heavy atom. The maximum absolute atomic E-state index is 13.2. The van der Waals surface area contributed by atoms with Crippen LogP contribution in [0.25, 0.3) is 21.3 Å². The molecule has 0 fully saturated rings. The summed E-state index contributed by atoms with van der Waals surface area (Å²) in [4.78, 5) is 32.0. The molecule has 0 atom stereocenters. The lowest BCUT2D eigenvalue weighted by Gasteiger charge is -2.11. The van der Waals surface area contributed by atoms with Crippen LogP contribution >= 0.6 is 38.6 Å². The monoisotopic (exact) mass is 557 g/mol. The molecule has 6 nitrogen and oxygen atoms in total. The number of benzene rings is 1. The number of fused-ring (bicyclic) bond motifs is 1. The second kappa shape index (κ2) is 10.2. The van der Waals surface area contributed by atoms with Gasteiger partial charge in [-0.05, 0) is 50.1 Å². The van der Waals surface area contributed by atoms with Crippen LogP contribution < -0.4 is 11.1 Å². The highest BCUT2D eigenvalue weighted by Gasteiger charge is 2.26. The Hall–Kier alpha value is -2.75. The molecule has 0 aliphatic heterocycles. The second-order valence-electron chi connectivity index (χ2n) is 8.02. The maximum atomic E-state index is 13.2. The lowest BCUT2D eigenvalue weighted by atomic mass is 10.0. The van der Waals surface area contributed by atoms with Crippen LogP contribution in [0.3, 0.4) is 0 Å². The van der Waals surface area contributed by atoms with Crippen LogP contribution in [-0.4, -0.2) is 23.0 Å². The Morgan fingerprint density at radius 1 is 1.18 bits per heavy atom. The zero-order valence-corrected chi connectivity index (χ0v) is 22.2. The van der Waals surface area contributed by atoms with Crippen molar-refractivity contribution < 1.29 is 14.3 Å². The molecule has 3 aromatic heterocycles. The van der Waals surface area contributed by atoms with E-state index in [1.54, 1.807) is 13.8 Å². The number of anilines is 2. The maximum Gasteiger partial charge on any atom is 0.342 e. The molecule has 34 heavy (non-hydrogen) atoms. The van der Waals surface area contributed by atoms with Crippen LogP contribution in [0.15, 0.2) is 46.3 Å². The van der Waals surface area contributed by atoms with E-state index in [4.69, 9.17) is 10.5 Å². The number of halogens is 1. The number of hydrogen-bond acceptors (Lipinski definition) is 7. The van der Waals surface area contributed by atoms with Gasteiger partial charge in [0, 0.05) is 26.5 Å². The molecule has 0 saturated heterocycles. The molecule has 0 spiro atoms. The van der Waals surface area contributed by atoms with Crippen molar-refractivity contribution in [3.05, 3.63) is 62.4 Å². The van der Waals surface area contributed by atoms with Gasteiger partial charge in [-0.1, -0.05) is 41.4 Å². The summed E-state index contributed by atoms with van der Waals surface area (Å²) in [5.74, 6) is -0.861. The number of aryl methyl sites for hydroxylation is 1. The zero-order chi connectivity index (χ0) is 24.4. The standard InChI is InChI=1S/C25H24BrN3O3S2/c1-4-5-16-10-11-17-20(27)21(34-23(17)28-16)22(30)29-24-19(25(31)32-13(2)3)18(12-33-24)14-6-8-15(26)9-7-14/h6-13H,4-5,27H2,1-3H3,(H,29,30). The number of hydrogen-bond donors (Lipinski definition) is 2. The number of pyridine rings is 1. The van der Waals surface area contributed by atoms with Gasteiger partial charge in [-0.3, -0.25) is 4.79 Å². The lowest BCUT2D eigenvalue weighted by molar-refractivity contribution is 0.0380. The summed E-state index contributed by atoms with van der Waals surface area (Å²) in [6.45, 7) is 5.68. The van der Waals surface area contributed by atoms with Crippen LogP contribution in [0.5, 0.6) is 0 Å². The smallest absolute Gasteiger partial charge is 0.342 e. The lowest BCUT2D eigenvalue weighted by Crippen LogP contribution is -2.16. The van der Waals surface area contributed by atoms with Crippen molar-refractivity contribution in [1.29, 1.82) is 0 Å². The van der Waals surface area contributed by atoms with Gasteiger partial charge in [0.15, 0.2) is 0 Å². The number of carbonyl (C=O) groups is 2. The molecule has 4 rings (SSSR count). The number of thiophene rings is 2. The van der Waals surface area contributed by atoms with Crippen molar-refractivity contribution in [2.75, 3.05) is 11.1 Å². The summed E-state index contributed by atoms with van der Waals surface area (Å²) in [5.41, 5.74) is 9.56. The first-order valence-corrected chi connectivity index (χ1v) is 13.3. The van der Waals surface area contributed by atoms with E-state index in [9.17, 15) is 9.59 Å². The van der Waals surface area contributed by atoms with Crippen molar-refractivity contribution in [2.45, 2.75) is 39.7 Å². The third-order valence-corrected chi connectivity index (χ3v) is 7.62. The van der Waals surface area contributed by atoms with E-state index >= 15 is 0 Å². The number of aromatic nitrogens is 1. The summed E-state index contributed by atoms with van der Waals surface area (Å²) in [6.07, 6.45) is 1.56. The predicted octanol–water partition coefficient (Wildman–Crippen LogP) is 7.14. The highest BCUT2D eigenvalue weighted by molar-refractivity contribution is 9.10. The molecule has 0 aliphatic carbocycles. The van der Waals surface area contributed by atoms with E-state index < -0.39 is 5.97 Å². The fourth-order valence-corrected chi connectivity index (χ4v) is 5.75. The summed E-state index contributed by atoms with van der Waals surface area (Å²) >= 11 is 5.97. The third kappa shape index (κ3) is 5.01. The van der Waals surface area contributed by atoms with Crippen molar-refractivity contribution in [2.24, 2.45) is 0 Å². The van der Waals surface area contributed by atoms with Gasteiger partial charge in [0.1, 0.15) is 20.3 Å². The average molecular weight is 559 g/mol. The number of nitrogens with one attached hydrogen (secondary N) is 1. The number of esters is 1. The first kappa shape index (κ1) is 24.4. The largest absolute Gasteiger partial charge is 0.459 e. The SMILES string of the molecule is CCCc1ccc2c(N)c(C(=O)Nc3scc(-c4ccc(Br)cc4)c3C(=O)OC(C)C)sc2n1. The van der Waals surface area contributed by atoms with Gasteiger partial charge < -0.3 is 15.8 Å². The molecule has 176 valence electrons. The third-order valence-electron chi connectivity index (χ3n) is 5.08. The van der Waals surface area contributed by atoms with Crippen LogP contribution in [0.4, 0.5) is 10.7 Å². The molecule has 0 unspecified atom stereocenters. The Balaban J connectivity index is 1.70. The fourth-order valence-electron chi connectivity index (χ4n) is 3.53. The average Bonchev–Trinajstić information content (AvgIpc) is 3.35. The van der Waals surface area contributed by atoms with Crippen LogP contribution in [0, 0.1) is 0 Å². The van der Waals surface area contributed by atoms with Crippen molar-refractivity contribution in [3.8, 4) is 11.1 Å². The van der Waals surface area contributed by atoms with Gasteiger partial charge in [0.2, 0.25) is 0 Å². The molecule has 4 aromatic rings. The number of rotatable bonds is 7. The Bertz CT molecular complexity index is 1360. The molecule has 0 saturated carbocycles. The molecule has 9 heteroatoms. The zero-order valence-electron chi connectivity index (χ0n) is 19.0. The minimum atomic E-state index is -0.486. The fraction of sp³-hybridized carbons (Fsp3) is 0.240. The van der Waals surface area contributed by atoms with Crippen molar-refractivity contribution >= 4 is 71.4 Å². The van der Waals surface area contributed by atoms with E-state index in [1.807, 2.05) is 41.8 Å². The number of ether oxygens (including phenoxy) is 1. The summed E-state index contributed by atoms with van der Waals surface area (Å²) < 4.78 is 6.42. The van der Waals surface area contributed by atoms with Gasteiger partial charge in [0.05, 0.1) is 11.8 Å². The number of nitrogens with zero attached hydrogens (tertiary/aromatic N) is 1. The van der Waals surface area contributed by atoms with E-state index in [0.717, 1.165) is 38.8 Å². The second-order valence-corrected chi connectivity index (χ2v) is 10.8. The van der Waals surface area contributed by atoms with Crippen LogP contribution in [0.1, 0.15) is 52.9 Å². The Labute approximate surface area is 214 Å². The predicted molar refractivity (Wildman–Crippen MR) is 144 cm³/mol. The topological polar surface area (TPSA) is 94.3 Å². The molecule has 1 amide bonds. The molecule has 0 radical (unpaired) electrons. The van der Waals surface area contributed by atoms with Gasteiger partial charge in [-0.2, -0.15) is 0 Å². The van der Waals surface area contributed by atoms with Crippen LogP contribution in [0.2, 0.25) is 0 Å². The summed E-state index contributed by atoms with van der Waals surface area (Å²) in [5, 5.41) is 5.93. The molecule has 3 heterocycles. The quantitative estimate of drug-likeness (QED) is 0.235. The molecular weight excluding hydrogens is 534 g/mol. The summed E-state index contributed by atoms with van der Waals surface area (Å²) in [7, 11) is 0. The number of carbonyl (C=O) groups excluding carboxylic acids is 2. The molecule has 3 N–H and O–H groups in total. The van der Waals surface area contributed by atoms with E-state index in [2.05, 4.69) is 33.2 Å². The highest BCUT2D eigenvalue weighted by Crippen LogP contribution is 2.39. The Morgan fingerprint density at radius 2 is 1.91 bits per heavy atom. The minimum Gasteiger partial charge on any atom is -0.459 e. The van der Waals surface area contributed by atoms with E-state index in [1.165, 1.54) is 22.7 Å². The number of nitrogens with two attached hydrogens (primary N) is 1. The number of amides is 1. The van der Waals surface area contributed by atoms with E-state index in [0.29, 0.717) is 26.7 Å². The van der Waals surface area contributed by atoms with Crippen molar-refractivity contribution in [1.82, 2.24) is 4.98 Å². The summed E-state index contributed by atoms with van der Waals surface area (Å²) in [6, 6.07) is 11.5.